The summed E-state index contributed by atoms with van der Waals surface area (Å²) in [4.78, 5) is 10.4. The Morgan fingerprint density at radius 2 is 0.634 bits per heavy atom. The summed E-state index contributed by atoms with van der Waals surface area (Å²) in [6.45, 7) is 0. The molecule has 0 saturated carbocycles. The number of rotatable bonds is 7. The largest absolute Gasteiger partial charge is 0.228 e. The lowest BCUT2D eigenvalue weighted by Crippen LogP contribution is -2.25. The SMILES string of the molecule is c1ccc(-c2cccc(-c3cc(-c4cccc(-c5cccc(-c6cc7c(cc6-c6ccc8ccccc8c6)-c6ccccc6C76c7ccccc7-c7ccccc76)c5)c4)nc(-c4ccccc4)n3)c2)cc1. The third-order valence-corrected chi connectivity index (χ3v) is 14.9. The monoisotopic (exact) mass is 900 g/mol. The van der Waals surface area contributed by atoms with E-state index >= 15 is 0 Å². The quantitative estimate of drug-likeness (QED) is 0.159. The van der Waals surface area contributed by atoms with Crippen LogP contribution in [0, 0.1) is 0 Å². The van der Waals surface area contributed by atoms with Gasteiger partial charge in [0.25, 0.3) is 0 Å². The van der Waals surface area contributed by atoms with Gasteiger partial charge in [0.05, 0.1) is 16.8 Å². The van der Waals surface area contributed by atoms with Crippen LogP contribution in [-0.2, 0) is 5.41 Å². The Labute approximate surface area is 413 Å². The van der Waals surface area contributed by atoms with Gasteiger partial charge in [-0.3, -0.25) is 0 Å². The van der Waals surface area contributed by atoms with Crippen molar-refractivity contribution in [3.05, 3.63) is 289 Å². The van der Waals surface area contributed by atoms with Gasteiger partial charge < -0.3 is 0 Å². The molecule has 2 aliphatic carbocycles. The van der Waals surface area contributed by atoms with Gasteiger partial charge in [-0.1, -0.05) is 224 Å². The highest BCUT2D eigenvalue weighted by molar-refractivity contribution is 6.00. The number of hydrogen-bond donors (Lipinski definition) is 0. The molecule has 2 aliphatic rings. The van der Waals surface area contributed by atoms with E-state index < -0.39 is 5.41 Å². The van der Waals surface area contributed by atoms with Crippen LogP contribution in [0.1, 0.15) is 22.3 Å². The predicted molar refractivity (Wildman–Crippen MR) is 294 cm³/mol. The third kappa shape index (κ3) is 6.64. The first kappa shape index (κ1) is 40.8. The number of aromatic nitrogens is 2. The highest BCUT2D eigenvalue weighted by Gasteiger charge is 2.51. The van der Waals surface area contributed by atoms with Crippen LogP contribution in [0.2, 0.25) is 0 Å². The molecule has 11 aromatic carbocycles. The average molecular weight is 901 g/mol. The van der Waals surface area contributed by atoms with Gasteiger partial charge in [-0.15, -0.1) is 0 Å². The van der Waals surface area contributed by atoms with Gasteiger partial charge >= 0.3 is 0 Å². The number of nitrogens with zero attached hydrogens (tertiary/aromatic N) is 2. The van der Waals surface area contributed by atoms with Gasteiger partial charge in [-0.25, -0.2) is 9.97 Å². The van der Waals surface area contributed by atoms with Gasteiger partial charge in [-0.2, -0.15) is 0 Å². The predicted octanol–water partition coefficient (Wildman–Crippen LogP) is 17.6. The molecule has 1 aromatic heterocycles. The molecule has 0 N–H and O–H groups in total. The van der Waals surface area contributed by atoms with E-state index in [0.717, 1.165) is 44.8 Å². The molecule has 0 unspecified atom stereocenters. The summed E-state index contributed by atoms with van der Waals surface area (Å²) in [5, 5.41) is 2.46. The van der Waals surface area contributed by atoms with Crippen LogP contribution in [-0.4, -0.2) is 9.97 Å². The molecular formula is C69H44N2. The molecule has 0 fully saturated rings. The minimum Gasteiger partial charge on any atom is -0.228 e. The van der Waals surface area contributed by atoms with E-state index in [2.05, 4.69) is 249 Å². The highest BCUT2D eigenvalue weighted by atomic mass is 14.9. The summed E-state index contributed by atoms with van der Waals surface area (Å²) >= 11 is 0. The third-order valence-electron chi connectivity index (χ3n) is 14.9. The molecule has 330 valence electrons. The minimum atomic E-state index is -0.459. The number of hydrogen-bond acceptors (Lipinski definition) is 2. The Kier molecular flexibility index (Phi) is 9.47. The lowest BCUT2D eigenvalue weighted by Gasteiger charge is -2.31. The highest BCUT2D eigenvalue weighted by Crippen LogP contribution is 2.63. The van der Waals surface area contributed by atoms with Crippen LogP contribution in [0.25, 0.3) is 111 Å². The smallest absolute Gasteiger partial charge is 0.160 e. The van der Waals surface area contributed by atoms with Crippen molar-refractivity contribution in [1.82, 2.24) is 9.97 Å². The fourth-order valence-corrected chi connectivity index (χ4v) is 11.6. The van der Waals surface area contributed by atoms with E-state index in [0.29, 0.717) is 5.82 Å². The van der Waals surface area contributed by atoms with Crippen molar-refractivity contribution >= 4 is 10.8 Å². The fraction of sp³-hybridized carbons (Fsp3) is 0.0145. The number of fused-ring (bicyclic) bond motifs is 11. The summed E-state index contributed by atoms with van der Waals surface area (Å²) in [5.74, 6) is 0.695. The van der Waals surface area contributed by atoms with E-state index in [4.69, 9.17) is 9.97 Å². The normalized spacial score (nSPS) is 12.6. The lowest BCUT2D eigenvalue weighted by atomic mass is 9.70. The van der Waals surface area contributed by atoms with Crippen LogP contribution in [0.15, 0.2) is 267 Å². The van der Waals surface area contributed by atoms with Crippen molar-refractivity contribution in [2.24, 2.45) is 0 Å². The zero-order chi connectivity index (χ0) is 46.9. The Morgan fingerprint density at radius 1 is 0.211 bits per heavy atom. The zero-order valence-electron chi connectivity index (χ0n) is 38.8. The van der Waals surface area contributed by atoms with E-state index in [1.165, 1.54) is 83.1 Å². The first-order valence-corrected chi connectivity index (χ1v) is 24.5. The first-order chi connectivity index (χ1) is 35.2. The molecule has 0 radical (unpaired) electrons. The summed E-state index contributed by atoms with van der Waals surface area (Å²) < 4.78 is 0. The summed E-state index contributed by atoms with van der Waals surface area (Å²) in [5.41, 5.74) is 24.2. The Balaban J connectivity index is 0.939. The van der Waals surface area contributed by atoms with E-state index in [1.807, 2.05) is 18.2 Å². The van der Waals surface area contributed by atoms with Crippen molar-refractivity contribution in [1.29, 1.82) is 0 Å². The fourth-order valence-electron chi connectivity index (χ4n) is 11.6. The molecule has 0 amide bonds. The molecule has 1 heterocycles. The van der Waals surface area contributed by atoms with Gasteiger partial charge in [0, 0.05) is 16.7 Å². The molecular weight excluding hydrogens is 857 g/mol. The van der Waals surface area contributed by atoms with E-state index in [9.17, 15) is 0 Å². The second kappa shape index (κ2) is 16.5. The maximum Gasteiger partial charge on any atom is 0.160 e. The molecule has 0 aliphatic heterocycles. The maximum atomic E-state index is 5.25. The van der Waals surface area contributed by atoms with Crippen molar-refractivity contribution in [2.45, 2.75) is 5.41 Å². The standard InChI is InChI=1S/C69H44N2/c1-3-18-45(19-4-1)49-24-16-28-54(40-49)66-44-67(71-68(70-66)47-21-5-2-6-22-47)55-29-17-26-51(41-55)50-25-15-27-52(39-50)60-43-65-61(42-59(60)53-37-36-46-20-7-8-23-48(46)38-53)58-32-11-14-35-64(58)69(65)62-33-12-9-30-56(62)57-31-10-13-34-63(57)69/h1-44H. The van der Waals surface area contributed by atoms with Crippen LogP contribution in [0.5, 0.6) is 0 Å². The Hall–Kier alpha value is -9.24. The maximum absolute atomic E-state index is 5.25. The van der Waals surface area contributed by atoms with Crippen molar-refractivity contribution in [3.63, 3.8) is 0 Å². The summed E-state index contributed by atoms with van der Waals surface area (Å²) in [6.07, 6.45) is 0. The van der Waals surface area contributed by atoms with Gasteiger partial charge in [-0.05, 0) is 142 Å². The summed E-state index contributed by atoms with van der Waals surface area (Å²) in [7, 11) is 0. The van der Waals surface area contributed by atoms with Crippen molar-refractivity contribution in [2.75, 3.05) is 0 Å². The van der Waals surface area contributed by atoms with Crippen LogP contribution in [0.4, 0.5) is 0 Å². The van der Waals surface area contributed by atoms with Gasteiger partial charge in [0.2, 0.25) is 0 Å². The molecule has 2 nitrogen and oxygen atoms in total. The van der Waals surface area contributed by atoms with Crippen molar-refractivity contribution < 1.29 is 0 Å². The van der Waals surface area contributed by atoms with Crippen molar-refractivity contribution in [3.8, 4) is 101 Å². The van der Waals surface area contributed by atoms with Crippen LogP contribution in [0.3, 0.4) is 0 Å². The molecule has 0 atom stereocenters. The molecule has 1 spiro atoms. The second-order valence-corrected chi connectivity index (χ2v) is 18.8. The molecule has 71 heavy (non-hydrogen) atoms. The molecule has 14 rings (SSSR count). The average Bonchev–Trinajstić information content (AvgIpc) is 3.92. The first-order valence-electron chi connectivity index (χ1n) is 24.5. The molecule has 2 heteroatoms. The van der Waals surface area contributed by atoms with Crippen LogP contribution >= 0.6 is 0 Å². The topological polar surface area (TPSA) is 25.8 Å². The van der Waals surface area contributed by atoms with Gasteiger partial charge in [0.15, 0.2) is 5.82 Å². The molecule has 0 saturated heterocycles. The Bertz CT molecular complexity index is 4010. The van der Waals surface area contributed by atoms with E-state index in [-0.39, 0.29) is 0 Å². The lowest BCUT2D eigenvalue weighted by molar-refractivity contribution is 0.794. The molecule has 0 bridgehead atoms. The number of benzene rings is 11. The minimum absolute atomic E-state index is 0.459. The Morgan fingerprint density at radius 3 is 1.24 bits per heavy atom. The second-order valence-electron chi connectivity index (χ2n) is 18.8. The van der Waals surface area contributed by atoms with E-state index in [1.54, 1.807) is 0 Å². The summed E-state index contributed by atoms with van der Waals surface area (Å²) in [6, 6.07) is 97.4. The zero-order valence-corrected chi connectivity index (χ0v) is 38.8. The van der Waals surface area contributed by atoms with Crippen LogP contribution < -0.4 is 0 Å². The van der Waals surface area contributed by atoms with Gasteiger partial charge in [0.1, 0.15) is 0 Å². The molecule has 12 aromatic rings.